The Morgan fingerprint density at radius 2 is 1.27 bits per heavy atom. The molecule has 3 saturated carbocycles. The van der Waals surface area contributed by atoms with Gasteiger partial charge in [-0.1, -0.05) is 80.8 Å². The van der Waals surface area contributed by atoms with Gasteiger partial charge < -0.3 is 27.3 Å². The monoisotopic (exact) mass is 413 g/mol. The summed E-state index contributed by atoms with van der Waals surface area (Å²) < 4.78 is 0. The van der Waals surface area contributed by atoms with Gasteiger partial charge in [0.05, 0.1) is 0 Å². The Bertz CT molecular complexity index is 417. The number of nitrogens with zero attached hydrogens (tertiary/aromatic N) is 1. The Balaban J connectivity index is 0. The third-order valence-corrected chi connectivity index (χ3v) is 11.3. The second-order valence-corrected chi connectivity index (χ2v) is 14.6. The summed E-state index contributed by atoms with van der Waals surface area (Å²) in [4.78, 5) is 5.42. The molecule has 3 fully saturated rings. The molecule has 7 atom stereocenters. The maximum absolute atomic E-state index is 5.42. The van der Waals surface area contributed by atoms with Crippen molar-refractivity contribution < 1.29 is 21.7 Å². The van der Waals surface area contributed by atoms with Crippen molar-refractivity contribution >= 4 is 8.24 Å². The largest absolute Gasteiger partial charge is 4.00 e. The summed E-state index contributed by atoms with van der Waals surface area (Å²) in [6.45, 7) is 17.2. The molecule has 26 heavy (non-hydrogen) atoms. The van der Waals surface area contributed by atoms with Gasteiger partial charge in [-0.2, -0.15) is 0 Å². The van der Waals surface area contributed by atoms with Gasteiger partial charge in [0, 0.05) is 0 Å². The zero-order chi connectivity index (χ0) is 16.3. The molecule has 0 N–H and O–H groups in total. The van der Waals surface area contributed by atoms with E-state index < -0.39 is 8.24 Å². The van der Waals surface area contributed by atoms with E-state index in [0.717, 1.165) is 41.0 Å². The fourth-order valence-corrected chi connectivity index (χ4v) is 11.9. The van der Waals surface area contributed by atoms with Crippen LogP contribution < -0.4 is 0 Å². The topological polar surface area (TPSA) is 14.1 Å². The van der Waals surface area contributed by atoms with Crippen LogP contribution in [0.1, 0.15) is 66.7 Å². The van der Waals surface area contributed by atoms with Crippen molar-refractivity contribution in [2.45, 2.75) is 90.9 Å². The predicted octanol–water partition coefficient (Wildman–Crippen LogP) is 7.81. The molecule has 7 unspecified atom stereocenters. The Hall–Kier alpha value is 0.891. The van der Waals surface area contributed by atoms with E-state index in [4.69, 9.17) is 4.98 Å². The molecule has 3 heteroatoms. The number of hydrogen-bond acceptors (Lipinski definition) is 0. The van der Waals surface area contributed by atoms with Crippen LogP contribution in [0, 0.1) is 57.8 Å². The van der Waals surface area contributed by atoms with E-state index >= 15 is 0 Å². The Labute approximate surface area is 183 Å². The van der Waals surface area contributed by atoms with Crippen LogP contribution >= 0.6 is 0 Å². The quantitative estimate of drug-likeness (QED) is 0.324. The zero-order valence-corrected chi connectivity index (χ0v) is 22.1. The van der Waals surface area contributed by atoms with Gasteiger partial charge in [0.25, 0.3) is 0 Å². The van der Waals surface area contributed by atoms with Crippen molar-refractivity contribution in [2.75, 3.05) is 0 Å². The van der Waals surface area contributed by atoms with E-state index in [0.29, 0.717) is 0 Å². The average Bonchev–Trinajstić information content (AvgIpc) is 2.89. The van der Waals surface area contributed by atoms with E-state index in [2.05, 4.69) is 47.7 Å². The standard InChI is InChI=1S/C20H38NSi.3CH3.Ti/c1-13-14(2)19(22(6,7)21-20(3,4)5)18-12-16-10-8-9-15(16)11-17(13)18;;;;/h13-19H,8-12H2,1-7H3;3*1H3;/q4*-1;+4. The second kappa shape index (κ2) is 10.1. The van der Waals surface area contributed by atoms with E-state index in [1.165, 1.54) is 19.3 Å². The van der Waals surface area contributed by atoms with Crippen molar-refractivity contribution in [3.05, 3.63) is 27.3 Å². The Kier molecular flexibility index (Phi) is 11.3. The van der Waals surface area contributed by atoms with Crippen LogP contribution in [0.4, 0.5) is 0 Å². The number of rotatable bonds is 2. The van der Waals surface area contributed by atoms with Gasteiger partial charge in [0.1, 0.15) is 0 Å². The smallest absolute Gasteiger partial charge is 0.660 e. The predicted molar refractivity (Wildman–Crippen MR) is 119 cm³/mol. The third-order valence-electron chi connectivity index (χ3n) is 7.49. The van der Waals surface area contributed by atoms with Gasteiger partial charge in [0.15, 0.2) is 0 Å². The molecular formula is C23H47NSiTi. The summed E-state index contributed by atoms with van der Waals surface area (Å²) >= 11 is 0. The first-order chi connectivity index (χ1) is 10.1. The first-order valence-corrected chi connectivity index (χ1v) is 12.9. The van der Waals surface area contributed by atoms with Crippen LogP contribution in [0.2, 0.25) is 18.6 Å². The second-order valence-electron chi connectivity index (χ2n) is 10.4. The van der Waals surface area contributed by atoms with Crippen molar-refractivity contribution in [2.24, 2.45) is 35.5 Å². The van der Waals surface area contributed by atoms with Crippen molar-refractivity contribution in [1.29, 1.82) is 0 Å². The summed E-state index contributed by atoms with van der Waals surface area (Å²) in [6, 6.07) is 0. The summed E-state index contributed by atoms with van der Waals surface area (Å²) in [5, 5.41) is 0. The molecule has 0 saturated heterocycles. The van der Waals surface area contributed by atoms with Crippen LogP contribution in [-0.4, -0.2) is 13.8 Å². The molecule has 0 bridgehead atoms. The SMILES string of the molecule is CC1C(C)C([Si](C)(C)[N-]C(C)(C)C)C2CC3CCCC3CC12.[CH3-].[CH3-].[CH3-].[Ti+4]. The van der Waals surface area contributed by atoms with Crippen LogP contribution in [0.25, 0.3) is 4.98 Å². The molecule has 1 nitrogen and oxygen atoms in total. The van der Waals surface area contributed by atoms with Crippen LogP contribution in [0.3, 0.4) is 0 Å². The van der Waals surface area contributed by atoms with Gasteiger partial charge in [-0.05, 0) is 48.3 Å². The minimum atomic E-state index is -1.54. The molecule has 0 aromatic carbocycles. The average molecular weight is 414 g/mol. The summed E-state index contributed by atoms with van der Waals surface area (Å²) in [6.07, 6.45) is 7.67. The van der Waals surface area contributed by atoms with Crippen LogP contribution in [0.15, 0.2) is 0 Å². The van der Waals surface area contributed by atoms with Crippen molar-refractivity contribution in [3.63, 3.8) is 0 Å². The number of fused-ring (bicyclic) bond motifs is 2. The third kappa shape index (κ3) is 5.49. The summed E-state index contributed by atoms with van der Waals surface area (Å²) in [7, 11) is -1.54. The molecule has 3 aliphatic carbocycles. The zero-order valence-electron chi connectivity index (χ0n) is 19.5. The first kappa shape index (κ1) is 29.1. The van der Waals surface area contributed by atoms with Gasteiger partial charge in [-0.25, -0.2) is 0 Å². The van der Waals surface area contributed by atoms with E-state index in [-0.39, 0.29) is 49.5 Å². The first-order valence-electron chi connectivity index (χ1n) is 9.84. The molecule has 0 radical (unpaired) electrons. The summed E-state index contributed by atoms with van der Waals surface area (Å²) in [5.41, 5.74) is 1.06. The van der Waals surface area contributed by atoms with Crippen molar-refractivity contribution in [1.82, 2.24) is 0 Å². The molecule has 0 aromatic rings. The molecular weight excluding hydrogens is 366 g/mol. The van der Waals surface area contributed by atoms with Gasteiger partial charge in [0.2, 0.25) is 0 Å². The fourth-order valence-electron chi connectivity index (χ4n) is 7.01. The van der Waals surface area contributed by atoms with Gasteiger partial charge in [-0.15, -0.1) is 5.54 Å². The van der Waals surface area contributed by atoms with E-state index in [1.807, 2.05) is 0 Å². The minimum absolute atomic E-state index is 0. The van der Waals surface area contributed by atoms with Gasteiger partial charge >= 0.3 is 21.7 Å². The molecule has 3 rings (SSSR count). The molecule has 0 heterocycles. The maximum Gasteiger partial charge on any atom is 4.00 e. The van der Waals surface area contributed by atoms with Crippen LogP contribution in [0.5, 0.6) is 0 Å². The number of hydrogen-bond donors (Lipinski definition) is 0. The van der Waals surface area contributed by atoms with Crippen molar-refractivity contribution in [3.8, 4) is 0 Å². The molecule has 3 aliphatic rings. The van der Waals surface area contributed by atoms with E-state index in [9.17, 15) is 0 Å². The summed E-state index contributed by atoms with van der Waals surface area (Å²) in [5.74, 6) is 5.98. The molecule has 0 aliphatic heterocycles. The normalized spacial score (nSPS) is 38.7. The minimum Gasteiger partial charge on any atom is -0.660 e. The Morgan fingerprint density at radius 1 is 0.808 bits per heavy atom. The van der Waals surface area contributed by atoms with E-state index in [1.54, 1.807) is 12.8 Å². The Morgan fingerprint density at radius 3 is 1.73 bits per heavy atom. The van der Waals surface area contributed by atoms with Gasteiger partial charge in [-0.3, -0.25) is 0 Å². The molecule has 0 aromatic heterocycles. The fraction of sp³-hybridized carbons (Fsp3) is 0.870. The molecule has 152 valence electrons. The van der Waals surface area contributed by atoms with Crippen LogP contribution in [-0.2, 0) is 21.7 Å². The molecule has 0 spiro atoms. The molecule has 0 amide bonds. The maximum atomic E-state index is 5.42.